The lowest BCUT2D eigenvalue weighted by molar-refractivity contribution is 0.0696. The molecular formula is C36H37FN4O3. The number of piperidine rings is 1. The minimum atomic E-state index is -0.314. The van der Waals surface area contributed by atoms with Crippen molar-refractivity contribution in [3.63, 3.8) is 0 Å². The number of hydrogen-bond acceptors (Lipinski definition) is 4. The minimum Gasteiger partial charge on any atom is -0.494 e. The topological polar surface area (TPSA) is 72.5 Å². The van der Waals surface area contributed by atoms with Gasteiger partial charge in [-0.15, -0.1) is 0 Å². The molecule has 226 valence electrons. The van der Waals surface area contributed by atoms with Crippen LogP contribution in [-0.4, -0.2) is 49.7 Å². The zero-order valence-electron chi connectivity index (χ0n) is 25.4. The zero-order valence-corrected chi connectivity index (χ0v) is 25.4. The van der Waals surface area contributed by atoms with E-state index < -0.39 is 0 Å². The fourth-order valence-electron chi connectivity index (χ4n) is 7.78. The maximum Gasteiger partial charge on any atom is 0.254 e. The monoisotopic (exact) mass is 592 g/mol. The predicted octanol–water partition coefficient (Wildman–Crippen LogP) is 6.78. The molecule has 2 unspecified atom stereocenters. The molecule has 0 spiro atoms. The zero-order chi connectivity index (χ0) is 30.3. The Hall–Kier alpha value is -4.17. The van der Waals surface area contributed by atoms with Crippen molar-refractivity contribution in [2.75, 3.05) is 13.7 Å². The largest absolute Gasteiger partial charge is 0.494 e. The van der Waals surface area contributed by atoms with E-state index in [1.54, 1.807) is 19.2 Å². The predicted molar refractivity (Wildman–Crippen MR) is 169 cm³/mol. The Bertz CT molecular complexity index is 1950. The fraction of sp³-hybridized carbons (Fsp3) is 0.389. The average molecular weight is 593 g/mol. The Labute approximate surface area is 255 Å². The number of halogens is 1. The number of aromatic nitrogens is 3. The van der Waals surface area contributed by atoms with Gasteiger partial charge in [0.1, 0.15) is 17.1 Å². The normalized spacial score (nSPS) is 21.2. The van der Waals surface area contributed by atoms with E-state index in [0.29, 0.717) is 46.2 Å². The second kappa shape index (κ2) is 10.2. The van der Waals surface area contributed by atoms with E-state index in [2.05, 4.69) is 27.0 Å². The molecule has 5 aromatic rings. The maximum absolute atomic E-state index is 14.9. The van der Waals surface area contributed by atoms with Gasteiger partial charge in [-0.3, -0.25) is 4.79 Å². The summed E-state index contributed by atoms with van der Waals surface area (Å²) in [6, 6.07) is 17.0. The number of amides is 1. The number of imidazole rings is 1. The third kappa shape index (κ3) is 4.25. The molecule has 8 heteroatoms. The molecule has 2 saturated carbocycles. The SMILES string of the molecule is COc1cc(C(=O)N2CC3CCC2[C@@H]3C)cc2nc(-c3cc4ccc(-c5cc(CO)ccc5F)cc4n3CC3CC3)n(C)c12. The number of aliphatic hydroxyl groups is 1. The second-order valence-electron chi connectivity index (χ2n) is 13.1. The molecule has 3 atom stereocenters. The van der Waals surface area contributed by atoms with Gasteiger partial charge in [-0.05, 0) is 91.0 Å². The van der Waals surface area contributed by atoms with Crippen molar-refractivity contribution in [2.45, 2.75) is 51.8 Å². The third-order valence-corrected chi connectivity index (χ3v) is 10.5. The number of carbonyl (C=O) groups is 1. The first-order chi connectivity index (χ1) is 21.3. The average Bonchev–Trinajstić information content (AvgIpc) is 3.44. The molecule has 3 fully saturated rings. The highest BCUT2D eigenvalue weighted by Crippen LogP contribution is 2.44. The van der Waals surface area contributed by atoms with Gasteiger partial charge in [0.2, 0.25) is 0 Å². The molecule has 3 heterocycles. The van der Waals surface area contributed by atoms with Crippen LogP contribution < -0.4 is 4.74 Å². The van der Waals surface area contributed by atoms with E-state index in [4.69, 9.17) is 9.72 Å². The molecule has 7 nitrogen and oxygen atoms in total. The van der Waals surface area contributed by atoms with Crippen molar-refractivity contribution in [2.24, 2.45) is 24.8 Å². The molecule has 8 rings (SSSR count). The Morgan fingerprint density at radius 2 is 1.91 bits per heavy atom. The number of benzene rings is 3. The molecule has 44 heavy (non-hydrogen) atoms. The lowest BCUT2D eigenvalue weighted by Crippen LogP contribution is -2.38. The van der Waals surface area contributed by atoms with Crippen LogP contribution in [0.3, 0.4) is 0 Å². The molecular weight excluding hydrogens is 555 g/mol. The number of likely N-dealkylation sites (tertiary alicyclic amines) is 1. The molecule has 1 amide bonds. The van der Waals surface area contributed by atoms with E-state index in [9.17, 15) is 14.3 Å². The van der Waals surface area contributed by atoms with Crippen molar-refractivity contribution >= 4 is 27.8 Å². The first-order valence-corrected chi connectivity index (χ1v) is 15.7. The van der Waals surface area contributed by atoms with Crippen LogP contribution in [0.2, 0.25) is 0 Å². The smallest absolute Gasteiger partial charge is 0.254 e. The third-order valence-electron chi connectivity index (χ3n) is 10.5. The van der Waals surface area contributed by atoms with Gasteiger partial charge < -0.3 is 23.9 Å². The molecule has 1 N–H and O–H groups in total. The first kappa shape index (κ1) is 27.4. The molecule has 1 saturated heterocycles. The van der Waals surface area contributed by atoms with Gasteiger partial charge in [0.05, 0.1) is 24.9 Å². The number of fused-ring (bicyclic) bond motifs is 4. The van der Waals surface area contributed by atoms with Gasteiger partial charge in [0, 0.05) is 48.2 Å². The van der Waals surface area contributed by atoms with Crippen molar-refractivity contribution in [1.82, 2.24) is 19.0 Å². The molecule has 1 aliphatic heterocycles. The summed E-state index contributed by atoms with van der Waals surface area (Å²) >= 11 is 0. The van der Waals surface area contributed by atoms with Gasteiger partial charge in [-0.2, -0.15) is 0 Å². The summed E-state index contributed by atoms with van der Waals surface area (Å²) in [6.07, 6.45) is 4.66. The van der Waals surface area contributed by atoms with Crippen molar-refractivity contribution < 1.29 is 19.0 Å². The summed E-state index contributed by atoms with van der Waals surface area (Å²) in [5.74, 6) is 2.92. The number of methoxy groups -OCH3 is 1. The quantitative estimate of drug-likeness (QED) is 0.226. The number of nitrogens with zero attached hydrogens (tertiary/aromatic N) is 4. The van der Waals surface area contributed by atoms with E-state index in [1.165, 1.54) is 25.3 Å². The second-order valence-corrected chi connectivity index (χ2v) is 13.1. The Morgan fingerprint density at radius 3 is 2.61 bits per heavy atom. The van der Waals surface area contributed by atoms with E-state index in [1.807, 2.05) is 37.4 Å². The lowest BCUT2D eigenvalue weighted by atomic mass is 10.0. The van der Waals surface area contributed by atoms with E-state index in [0.717, 1.165) is 58.5 Å². The standard InChI is InChI=1S/C36H37FN4O3/c1-20-25-9-11-30(20)41(18-25)36(43)26-13-29-34(33(16-26)44-3)39(2)35(38-29)32-15-24-8-7-23(14-31(24)40(32)17-21-4-5-21)27-12-22(19-42)6-10-28(27)37/h6-8,10,12-16,20-21,25,30,42H,4-5,9,11,17-19H2,1-3H3/t20-,25?,30?/m1/s1. The number of aliphatic hydroxyl groups excluding tert-OH is 1. The van der Waals surface area contributed by atoms with E-state index in [-0.39, 0.29) is 18.3 Å². The number of hydrogen-bond donors (Lipinski definition) is 1. The van der Waals surface area contributed by atoms with Gasteiger partial charge in [0.15, 0.2) is 5.82 Å². The summed E-state index contributed by atoms with van der Waals surface area (Å²) in [4.78, 5) is 21.0. The highest BCUT2D eigenvalue weighted by atomic mass is 19.1. The number of rotatable bonds is 7. The summed E-state index contributed by atoms with van der Waals surface area (Å²) in [6.45, 7) is 3.81. The summed E-state index contributed by atoms with van der Waals surface area (Å²) in [7, 11) is 3.64. The fourth-order valence-corrected chi connectivity index (χ4v) is 7.78. The first-order valence-electron chi connectivity index (χ1n) is 15.7. The van der Waals surface area contributed by atoms with Gasteiger partial charge in [-0.25, -0.2) is 9.37 Å². The van der Waals surface area contributed by atoms with Crippen molar-refractivity contribution in [1.29, 1.82) is 0 Å². The summed E-state index contributed by atoms with van der Waals surface area (Å²) in [5.41, 5.74) is 6.12. The number of aryl methyl sites for hydroxylation is 1. The van der Waals surface area contributed by atoms with Crippen LogP contribution in [0.15, 0.2) is 54.6 Å². The Morgan fingerprint density at radius 1 is 1.07 bits per heavy atom. The van der Waals surface area contributed by atoms with Gasteiger partial charge >= 0.3 is 0 Å². The molecule has 2 aliphatic carbocycles. The summed E-state index contributed by atoms with van der Waals surface area (Å²) < 4.78 is 25.2. The number of ether oxygens (including phenoxy) is 1. The minimum absolute atomic E-state index is 0.0596. The number of carbonyl (C=O) groups excluding carboxylic acids is 1. The van der Waals surface area contributed by atoms with Crippen LogP contribution in [0.5, 0.6) is 5.75 Å². The van der Waals surface area contributed by atoms with Crippen LogP contribution in [0.25, 0.3) is 44.6 Å². The molecule has 0 radical (unpaired) electrons. The van der Waals surface area contributed by atoms with Crippen molar-refractivity contribution in [3.8, 4) is 28.4 Å². The Balaban J connectivity index is 1.24. The molecule has 2 bridgehead atoms. The van der Waals surface area contributed by atoms with Gasteiger partial charge in [0.25, 0.3) is 5.91 Å². The molecule has 3 aromatic carbocycles. The van der Waals surface area contributed by atoms with Crippen LogP contribution in [0.1, 0.15) is 48.5 Å². The Kier molecular flexibility index (Phi) is 6.34. The molecule has 3 aliphatic rings. The highest BCUT2D eigenvalue weighted by Gasteiger charge is 2.46. The lowest BCUT2D eigenvalue weighted by Gasteiger charge is -2.27. The van der Waals surface area contributed by atoms with Crippen LogP contribution in [0.4, 0.5) is 4.39 Å². The maximum atomic E-state index is 14.9. The summed E-state index contributed by atoms with van der Waals surface area (Å²) in [5, 5.41) is 10.7. The van der Waals surface area contributed by atoms with E-state index >= 15 is 0 Å². The van der Waals surface area contributed by atoms with Gasteiger partial charge in [-0.1, -0.05) is 25.1 Å². The van der Waals surface area contributed by atoms with Crippen molar-refractivity contribution in [3.05, 3.63) is 71.5 Å². The van der Waals surface area contributed by atoms with Crippen LogP contribution in [0, 0.1) is 23.6 Å². The van der Waals surface area contributed by atoms with Crippen LogP contribution >= 0.6 is 0 Å². The van der Waals surface area contributed by atoms with Crippen LogP contribution in [-0.2, 0) is 20.2 Å². The molecule has 2 aromatic heterocycles. The highest BCUT2D eigenvalue weighted by molar-refractivity contribution is 6.00.